The molecule has 1 atom stereocenters. The highest BCUT2D eigenvalue weighted by molar-refractivity contribution is 5.95. The minimum absolute atomic E-state index is 0.160. The summed E-state index contributed by atoms with van der Waals surface area (Å²) in [6.45, 7) is 10.3. The van der Waals surface area contributed by atoms with Crippen LogP contribution in [0.1, 0.15) is 55.2 Å². The molecule has 2 fully saturated rings. The average Bonchev–Trinajstić information content (AvgIpc) is 3.16. The van der Waals surface area contributed by atoms with E-state index in [1.54, 1.807) is 6.20 Å². The Morgan fingerprint density at radius 3 is 2.55 bits per heavy atom. The van der Waals surface area contributed by atoms with Crippen molar-refractivity contribution in [2.45, 2.75) is 46.1 Å². The molecule has 1 aromatic heterocycles. The second-order valence-corrected chi connectivity index (χ2v) is 7.06. The molecule has 0 bridgehead atoms. The van der Waals surface area contributed by atoms with E-state index in [4.69, 9.17) is 0 Å². The van der Waals surface area contributed by atoms with E-state index in [-0.39, 0.29) is 5.91 Å². The van der Waals surface area contributed by atoms with Crippen LogP contribution in [0.4, 0.5) is 0 Å². The van der Waals surface area contributed by atoms with Crippen LogP contribution >= 0.6 is 0 Å². The third-order valence-electron chi connectivity index (χ3n) is 5.36. The van der Waals surface area contributed by atoms with Gasteiger partial charge >= 0.3 is 0 Å². The molecule has 0 spiro atoms. The van der Waals surface area contributed by atoms with Crippen LogP contribution in [0.25, 0.3) is 0 Å². The molecule has 2 aliphatic heterocycles. The highest BCUT2D eigenvalue weighted by Gasteiger charge is 2.31. The van der Waals surface area contributed by atoms with Gasteiger partial charge in [-0.1, -0.05) is 0 Å². The molecule has 1 unspecified atom stereocenters. The Balaban J connectivity index is 1.62. The number of amides is 1. The molecule has 2 saturated heterocycles. The second kappa shape index (κ2) is 6.41. The number of rotatable bonds is 3. The Labute approximate surface area is 133 Å². The lowest BCUT2D eigenvalue weighted by molar-refractivity contribution is 0.0662. The summed E-state index contributed by atoms with van der Waals surface area (Å²) < 4.78 is 1.93. The Bertz CT molecular complexity index is 523. The van der Waals surface area contributed by atoms with Gasteiger partial charge in [-0.3, -0.25) is 9.48 Å². The van der Waals surface area contributed by atoms with Crippen molar-refractivity contribution in [3.8, 4) is 0 Å². The lowest BCUT2D eigenvalue weighted by Crippen LogP contribution is -2.40. The number of aromatic nitrogens is 2. The van der Waals surface area contributed by atoms with E-state index in [1.807, 2.05) is 16.5 Å². The largest absolute Gasteiger partial charge is 0.339 e. The summed E-state index contributed by atoms with van der Waals surface area (Å²) in [5, 5.41) is 7.83. The zero-order chi connectivity index (χ0) is 15.7. The fourth-order valence-electron chi connectivity index (χ4n) is 3.98. The van der Waals surface area contributed by atoms with Gasteiger partial charge in [0.2, 0.25) is 0 Å². The predicted octanol–water partition coefficient (Wildman–Crippen LogP) is 2.23. The van der Waals surface area contributed by atoms with Gasteiger partial charge in [0.05, 0.1) is 11.8 Å². The van der Waals surface area contributed by atoms with Gasteiger partial charge in [-0.2, -0.15) is 5.10 Å². The molecule has 5 nitrogen and oxygen atoms in total. The lowest BCUT2D eigenvalue weighted by atomic mass is 9.83. The number of nitrogens with zero attached hydrogens (tertiary/aromatic N) is 3. The Kier molecular flexibility index (Phi) is 4.52. The van der Waals surface area contributed by atoms with Gasteiger partial charge < -0.3 is 10.2 Å². The van der Waals surface area contributed by atoms with Crippen molar-refractivity contribution >= 4 is 5.91 Å². The normalized spacial score (nSPS) is 23.5. The summed E-state index contributed by atoms with van der Waals surface area (Å²) in [6.07, 6.45) is 5.34. The fraction of sp³-hybridized carbons (Fsp3) is 0.765. The monoisotopic (exact) mass is 304 g/mol. The van der Waals surface area contributed by atoms with Gasteiger partial charge in [-0.05, 0) is 65.0 Å². The van der Waals surface area contributed by atoms with Gasteiger partial charge in [0.15, 0.2) is 0 Å². The minimum atomic E-state index is 0.160. The summed E-state index contributed by atoms with van der Waals surface area (Å²) >= 11 is 0. The second-order valence-electron chi connectivity index (χ2n) is 7.06. The fourth-order valence-corrected chi connectivity index (χ4v) is 3.98. The first-order valence-electron chi connectivity index (χ1n) is 8.62. The van der Waals surface area contributed by atoms with Crippen LogP contribution in [-0.2, 0) is 0 Å². The summed E-state index contributed by atoms with van der Waals surface area (Å²) in [5.74, 6) is 1.77. The van der Waals surface area contributed by atoms with Crippen molar-refractivity contribution in [3.63, 3.8) is 0 Å². The number of carbonyl (C=O) groups excluding carboxylic acids is 1. The van der Waals surface area contributed by atoms with Gasteiger partial charge in [-0.15, -0.1) is 0 Å². The highest BCUT2D eigenvalue weighted by atomic mass is 16.2. The van der Waals surface area contributed by atoms with Crippen molar-refractivity contribution in [2.24, 2.45) is 11.8 Å². The summed E-state index contributed by atoms with van der Waals surface area (Å²) in [6, 6.07) is 0.294. The van der Waals surface area contributed by atoms with E-state index in [1.165, 1.54) is 13.0 Å². The molecule has 0 saturated carbocycles. The maximum Gasteiger partial charge on any atom is 0.257 e. The first-order chi connectivity index (χ1) is 10.6. The average molecular weight is 304 g/mol. The Morgan fingerprint density at radius 2 is 2.00 bits per heavy atom. The van der Waals surface area contributed by atoms with E-state index < -0.39 is 0 Å². The van der Waals surface area contributed by atoms with E-state index in [9.17, 15) is 4.79 Å². The van der Waals surface area contributed by atoms with Crippen LogP contribution in [0.5, 0.6) is 0 Å². The van der Waals surface area contributed by atoms with Crippen LogP contribution in [0, 0.1) is 18.8 Å². The first-order valence-corrected chi connectivity index (χ1v) is 8.62. The molecular weight excluding hydrogens is 276 g/mol. The molecule has 5 heteroatoms. The standard InChI is InChI=1S/C17H28N4O/c1-12(2)21-13(3)16(11-19-21)17(22)20-8-5-14(6-9-20)15-4-7-18-10-15/h11-12,14-15,18H,4-10H2,1-3H3. The molecule has 0 aromatic carbocycles. The number of likely N-dealkylation sites (tertiary alicyclic amines) is 1. The van der Waals surface area contributed by atoms with Crippen LogP contribution in [0.3, 0.4) is 0 Å². The van der Waals surface area contributed by atoms with Crippen LogP contribution in [0.2, 0.25) is 0 Å². The van der Waals surface area contributed by atoms with Crippen LogP contribution in [-0.4, -0.2) is 46.8 Å². The van der Waals surface area contributed by atoms with E-state index in [0.717, 1.165) is 55.6 Å². The zero-order valence-electron chi connectivity index (χ0n) is 14.0. The smallest absolute Gasteiger partial charge is 0.257 e. The van der Waals surface area contributed by atoms with Crippen molar-refractivity contribution in [1.29, 1.82) is 0 Å². The number of piperidine rings is 1. The van der Waals surface area contributed by atoms with E-state index >= 15 is 0 Å². The third kappa shape index (κ3) is 2.91. The molecule has 1 N–H and O–H groups in total. The molecule has 1 aromatic rings. The van der Waals surface area contributed by atoms with Crippen molar-refractivity contribution < 1.29 is 4.79 Å². The molecule has 3 rings (SSSR count). The molecule has 0 radical (unpaired) electrons. The Morgan fingerprint density at radius 1 is 1.27 bits per heavy atom. The highest BCUT2D eigenvalue weighted by Crippen LogP contribution is 2.29. The number of nitrogens with one attached hydrogen (secondary N) is 1. The number of carbonyl (C=O) groups is 1. The van der Waals surface area contributed by atoms with Gasteiger partial charge in [0, 0.05) is 24.8 Å². The Hall–Kier alpha value is -1.36. The van der Waals surface area contributed by atoms with Crippen LogP contribution < -0.4 is 5.32 Å². The quantitative estimate of drug-likeness (QED) is 0.931. The van der Waals surface area contributed by atoms with E-state index in [2.05, 4.69) is 24.3 Å². The SMILES string of the molecule is Cc1c(C(=O)N2CCC(C3CCNC3)CC2)cnn1C(C)C. The zero-order valence-corrected chi connectivity index (χ0v) is 14.0. The number of hydrogen-bond donors (Lipinski definition) is 1. The molecule has 0 aliphatic carbocycles. The predicted molar refractivity (Wildman–Crippen MR) is 87.0 cm³/mol. The van der Waals surface area contributed by atoms with Gasteiger partial charge in [0.1, 0.15) is 0 Å². The van der Waals surface area contributed by atoms with E-state index in [0.29, 0.717) is 6.04 Å². The first kappa shape index (κ1) is 15.5. The topological polar surface area (TPSA) is 50.2 Å². The summed E-state index contributed by atoms with van der Waals surface area (Å²) in [7, 11) is 0. The molecule has 122 valence electrons. The molecule has 22 heavy (non-hydrogen) atoms. The van der Waals surface area contributed by atoms with Crippen molar-refractivity contribution in [2.75, 3.05) is 26.2 Å². The number of hydrogen-bond acceptors (Lipinski definition) is 3. The maximum absolute atomic E-state index is 12.7. The molecular formula is C17H28N4O. The maximum atomic E-state index is 12.7. The third-order valence-corrected chi connectivity index (χ3v) is 5.36. The van der Waals surface area contributed by atoms with Crippen molar-refractivity contribution in [3.05, 3.63) is 17.5 Å². The lowest BCUT2D eigenvalue weighted by Gasteiger charge is -2.34. The minimum Gasteiger partial charge on any atom is -0.339 e. The molecule has 1 amide bonds. The van der Waals surface area contributed by atoms with Crippen LogP contribution in [0.15, 0.2) is 6.20 Å². The van der Waals surface area contributed by atoms with Gasteiger partial charge in [-0.25, -0.2) is 0 Å². The van der Waals surface area contributed by atoms with Crippen molar-refractivity contribution in [1.82, 2.24) is 20.0 Å². The molecule has 3 heterocycles. The molecule has 2 aliphatic rings. The summed E-state index contributed by atoms with van der Waals surface area (Å²) in [5.41, 5.74) is 1.76. The van der Waals surface area contributed by atoms with Gasteiger partial charge in [0.25, 0.3) is 5.91 Å². The summed E-state index contributed by atoms with van der Waals surface area (Å²) in [4.78, 5) is 14.8.